The normalized spacial score (nSPS) is 18.1. The zero-order valence-corrected chi connectivity index (χ0v) is 9.05. The molecule has 84 valence electrons. The Balaban J connectivity index is 2.33. The Hall–Kier alpha value is -1.58. The van der Waals surface area contributed by atoms with Gasteiger partial charge in [0.1, 0.15) is 5.75 Å². The van der Waals surface area contributed by atoms with Gasteiger partial charge in [-0.05, 0) is 17.7 Å². The van der Waals surface area contributed by atoms with Crippen LogP contribution in [0.1, 0.15) is 12.0 Å². The van der Waals surface area contributed by atoms with Crippen molar-refractivity contribution in [3.8, 4) is 5.75 Å². The summed E-state index contributed by atoms with van der Waals surface area (Å²) in [7, 11) is 1.62. The van der Waals surface area contributed by atoms with Crippen LogP contribution >= 0.6 is 0 Å². The summed E-state index contributed by atoms with van der Waals surface area (Å²) in [6.45, 7) is 0. The third kappa shape index (κ3) is 2.15. The first-order valence-electron chi connectivity index (χ1n) is 5.10. The predicted molar refractivity (Wildman–Crippen MR) is 61.9 cm³/mol. The summed E-state index contributed by atoms with van der Waals surface area (Å²) in [6.07, 6.45) is 5.06. The predicted octanol–water partition coefficient (Wildman–Crippen LogP) is 1.72. The largest absolute Gasteiger partial charge is 0.496 e. The van der Waals surface area contributed by atoms with E-state index in [2.05, 4.69) is 0 Å². The van der Waals surface area contributed by atoms with Crippen LogP contribution in [0.25, 0.3) is 5.57 Å². The summed E-state index contributed by atoms with van der Waals surface area (Å²) in [4.78, 5) is 0. The molecule has 1 aliphatic rings. The van der Waals surface area contributed by atoms with Crippen LogP contribution in [-0.4, -0.2) is 23.1 Å². The maximum atomic E-state index is 9.36. The van der Waals surface area contributed by atoms with Gasteiger partial charge in [0.05, 0.1) is 7.11 Å². The number of hydrogen-bond acceptors (Lipinski definition) is 3. The lowest BCUT2D eigenvalue weighted by Gasteiger charge is -2.20. The highest BCUT2D eigenvalue weighted by molar-refractivity contribution is 5.78. The molecule has 3 heteroatoms. The average molecular weight is 218 g/mol. The average Bonchev–Trinajstić information content (AvgIpc) is 2.29. The smallest absolute Gasteiger partial charge is 0.186 e. The molecule has 0 saturated carbocycles. The first kappa shape index (κ1) is 10.9. The molecule has 2 rings (SSSR count). The molecule has 1 aliphatic carbocycles. The van der Waals surface area contributed by atoms with Crippen molar-refractivity contribution in [2.24, 2.45) is 0 Å². The van der Waals surface area contributed by atoms with Crippen LogP contribution in [0, 0.1) is 0 Å². The van der Waals surface area contributed by atoms with Gasteiger partial charge in [-0.3, -0.25) is 0 Å². The molecule has 0 fully saturated rings. The second-order valence-corrected chi connectivity index (χ2v) is 3.78. The van der Waals surface area contributed by atoms with E-state index < -0.39 is 5.79 Å². The third-order valence-corrected chi connectivity index (χ3v) is 2.57. The summed E-state index contributed by atoms with van der Waals surface area (Å²) in [5, 5.41) is 18.7. The van der Waals surface area contributed by atoms with E-state index in [1.807, 2.05) is 24.3 Å². The van der Waals surface area contributed by atoms with Crippen molar-refractivity contribution in [2.75, 3.05) is 7.11 Å². The number of benzene rings is 1. The van der Waals surface area contributed by atoms with Crippen LogP contribution in [-0.2, 0) is 0 Å². The fourth-order valence-corrected chi connectivity index (χ4v) is 1.70. The number of aliphatic hydroxyl groups is 2. The highest BCUT2D eigenvalue weighted by Crippen LogP contribution is 2.30. The minimum atomic E-state index is -1.72. The van der Waals surface area contributed by atoms with Crippen LogP contribution in [0.4, 0.5) is 0 Å². The van der Waals surface area contributed by atoms with Crippen molar-refractivity contribution in [2.45, 2.75) is 12.2 Å². The van der Waals surface area contributed by atoms with E-state index in [-0.39, 0.29) is 6.42 Å². The van der Waals surface area contributed by atoms with E-state index in [0.717, 1.165) is 16.9 Å². The quantitative estimate of drug-likeness (QED) is 0.743. The van der Waals surface area contributed by atoms with Crippen LogP contribution in [0.15, 0.2) is 42.5 Å². The Labute approximate surface area is 94.3 Å². The van der Waals surface area contributed by atoms with Gasteiger partial charge in [0, 0.05) is 12.0 Å². The summed E-state index contributed by atoms with van der Waals surface area (Å²) < 4.78 is 5.25. The van der Waals surface area contributed by atoms with Crippen molar-refractivity contribution in [3.63, 3.8) is 0 Å². The molecule has 0 saturated heterocycles. The molecule has 0 aliphatic heterocycles. The third-order valence-electron chi connectivity index (χ3n) is 2.57. The van der Waals surface area contributed by atoms with Gasteiger partial charge in [-0.15, -0.1) is 0 Å². The van der Waals surface area contributed by atoms with E-state index >= 15 is 0 Å². The van der Waals surface area contributed by atoms with Crippen LogP contribution in [0.2, 0.25) is 0 Å². The van der Waals surface area contributed by atoms with Gasteiger partial charge in [-0.1, -0.05) is 30.4 Å². The number of rotatable bonds is 2. The maximum absolute atomic E-state index is 9.36. The van der Waals surface area contributed by atoms with Gasteiger partial charge < -0.3 is 14.9 Å². The molecule has 0 bridgehead atoms. The molecule has 0 heterocycles. The number of ether oxygens (including phenoxy) is 1. The molecule has 0 amide bonds. The minimum absolute atomic E-state index is 0.191. The van der Waals surface area contributed by atoms with Gasteiger partial charge in [-0.25, -0.2) is 0 Å². The van der Waals surface area contributed by atoms with Crippen molar-refractivity contribution < 1.29 is 14.9 Å². The van der Waals surface area contributed by atoms with Crippen molar-refractivity contribution in [3.05, 3.63) is 48.1 Å². The Morgan fingerprint density at radius 3 is 2.62 bits per heavy atom. The summed E-state index contributed by atoms with van der Waals surface area (Å²) in [5.74, 6) is -0.937. The van der Waals surface area contributed by atoms with Gasteiger partial charge in [0.2, 0.25) is 0 Å². The van der Waals surface area contributed by atoms with Crippen LogP contribution in [0.3, 0.4) is 0 Å². The molecule has 2 N–H and O–H groups in total. The maximum Gasteiger partial charge on any atom is 0.186 e. The lowest BCUT2D eigenvalue weighted by atomic mass is 9.96. The molecular formula is C13H14O3. The zero-order chi connectivity index (χ0) is 11.6. The molecule has 0 aromatic heterocycles. The Kier molecular flexibility index (Phi) is 2.81. The zero-order valence-electron chi connectivity index (χ0n) is 9.05. The van der Waals surface area contributed by atoms with Crippen LogP contribution in [0.5, 0.6) is 5.75 Å². The van der Waals surface area contributed by atoms with Gasteiger partial charge in [0.25, 0.3) is 0 Å². The lowest BCUT2D eigenvalue weighted by Crippen LogP contribution is -2.25. The molecule has 0 radical (unpaired) electrons. The second kappa shape index (κ2) is 4.12. The first-order valence-corrected chi connectivity index (χ1v) is 5.10. The highest BCUT2D eigenvalue weighted by Gasteiger charge is 2.21. The number of para-hydroxylation sites is 1. The van der Waals surface area contributed by atoms with E-state index in [0.29, 0.717) is 0 Å². The number of hydrogen-bond donors (Lipinski definition) is 2. The monoisotopic (exact) mass is 218 g/mol. The fourth-order valence-electron chi connectivity index (χ4n) is 1.70. The Morgan fingerprint density at radius 1 is 1.25 bits per heavy atom. The van der Waals surface area contributed by atoms with E-state index in [4.69, 9.17) is 4.74 Å². The molecule has 3 nitrogen and oxygen atoms in total. The standard InChI is InChI=1S/C13H14O3/c1-16-12-5-3-2-4-11(12)10-6-8-13(14,15)9-7-10/h2-8,14-15H,9H2,1H3. The van der Waals surface area contributed by atoms with Gasteiger partial charge >= 0.3 is 0 Å². The number of methoxy groups -OCH3 is 1. The molecule has 1 aromatic carbocycles. The SMILES string of the molecule is COc1ccccc1C1=CCC(O)(O)C=C1. The Bertz CT molecular complexity index is 444. The van der Waals surface area contributed by atoms with Crippen molar-refractivity contribution >= 4 is 5.57 Å². The van der Waals surface area contributed by atoms with E-state index in [1.54, 1.807) is 19.3 Å². The minimum Gasteiger partial charge on any atom is -0.496 e. The second-order valence-electron chi connectivity index (χ2n) is 3.78. The van der Waals surface area contributed by atoms with E-state index in [9.17, 15) is 10.2 Å². The molecule has 0 unspecified atom stereocenters. The topological polar surface area (TPSA) is 49.7 Å². The molecule has 0 atom stereocenters. The van der Waals surface area contributed by atoms with Crippen molar-refractivity contribution in [1.82, 2.24) is 0 Å². The molecule has 0 spiro atoms. The van der Waals surface area contributed by atoms with Crippen LogP contribution < -0.4 is 4.74 Å². The summed E-state index contributed by atoms with van der Waals surface area (Å²) >= 11 is 0. The van der Waals surface area contributed by atoms with Gasteiger partial charge in [-0.2, -0.15) is 0 Å². The Morgan fingerprint density at radius 2 is 2.00 bits per heavy atom. The summed E-state index contributed by atoms with van der Waals surface area (Å²) in [6, 6.07) is 7.64. The first-order chi connectivity index (χ1) is 7.62. The lowest BCUT2D eigenvalue weighted by molar-refractivity contribution is -0.114. The molecule has 1 aromatic rings. The molecular weight excluding hydrogens is 204 g/mol. The fraction of sp³-hybridized carbons (Fsp3) is 0.231. The van der Waals surface area contributed by atoms with E-state index in [1.165, 1.54) is 6.08 Å². The molecule has 16 heavy (non-hydrogen) atoms. The number of allylic oxidation sites excluding steroid dienone is 2. The van der Waals surface area contributed by atoms with Crippen molar-refractivity contribution in [1.29, 1.82) is 0 Å². The summed E-state index contributed by atoms with van der Waals surface area (Å²) in [5.41, 5.74) is 1.90. The highest BCUT2D eigenvalue weighted by atomic mass is 16.5. The van der Waals surface area contributed by atoms with Gasteiger partial charge in [0.15, 0.2) is 5.79 Å².